The lowest BCUT2D eigenvalue weighted by atomic mass is 10.1. The molecule has 0 radical (unpaired) electrons. The van der Waals surface area contributed by atoms with E-state index in [-0.39, 0.29) is 11.3 Å². The number of likely N-dealkylation sites (tertiary alicyclic amines) is 1. The van der Waals surface area contributed by atoms with Crippen molar-refractivity contribution in [2.24, 2.45) is 0 Å². The first-order valence-corrected chi connectivity index (χ1v) is 12.1. The Morgan fingerprint density at radius 2 is 2.03 bits per heavy atom. The van der Waals surface area contributed by atoms with Crippen LogP contribution in [0.2, 0.25) is 0 Å². The summed E-state index contributed by atoms with van der Waals surface area (Å²) < 4.78 is 2.54. The van der Waals surface area contributed by atoms with Crippen molar-refractivity contribution in [1.29, 1.82) is 0 Å². The molecule has 6 nitrogen and oxygen atoms in total. The van der Waals surface area contributed by atoms with Crippen LogP contribution in [0.3, 0.4) is 0 Å². The quantitative estimate of drug-likeness (QED) is 0.486. The minimum atomic E-state index is -0.0294. The number of hydrogen-bond acceptors (Lipinski definition) is 7. The molecule has 1 fully saturated rings. The summed E-state index contributed by atoms with van der Waals surface area (Å²) in [6.45, 7) is 3.88. The zero-order chi connectivity index (χ0) is 20.5. The summed E-state index contributed by atoms with van der Waals surface area (Å²) in [4.78, 5) is 26.9. The summed E-state index contributed by atoms with van der Waals surface area (Å²) >= 11 is 2.95. The molecule has 0 saturated carbocycles. The fourth-order valence-electron chi connectivity index (χ4n) is 4.28. The van der Waals surface area contributed by atoms with Crippen LogP contribution >= 0.6 is 22.7 Å². The van der Waals surface area contributed by atoms with E-state index in [9.17, 15) is 9.90 Å². The van der Waals surface area contributed by atoms with Crippen molar-refractivity contribution in [3.63, 3.8) is 0 Å². The molecule has 30 heavy (non-hydrogen) atoms. The molecule has 156 valence electrons. The van der Waals surface area contributed by atoms with Crippen molar-refractivity contribution in [2.45, 2.75) is 38.6 Å². The molecule has 0 amide bonds. The first-order valence-electron chi connectivity index (χ1n) is 10.4. The van der Waals surface area contributed by atoms with Gasteiger partial charge in [-0.3, -0.25) is 14.3 Å². The number of fused-ring (bicyclic) bond motifs is 3. The van der Waals surface area contributed by atoms with E-state index in [1.54, 1.807) is 29.0 Å². The Labute approximate surface area is 182 Å². The fourth-order valence-corrected chi connectivity index (χ4v) is 5.96. The Bertz CT molecular complexity index is 1220. The molecule has 5 rings (SSSR count). The maximum atomic E-state index is 13.5. The van der Waals surface area contributed by atoms with Crippen LogP contribution < -0.4 is 5.56 Å². The topological polar surface area (TPSA) is 71.2 Å². The minimum absolute atomic E-state index is 0.0294. The SMILES string of the molecule is O=c1c2c(nc(CCCN3CCCCC3)n1Cc1cncs1)sc1c(O)cccc12. The van der Waals surface area contributed by atoms with Gasteiger partial charge < -0.3 is 10.0 Å². The van der Waals surface area contributed by atoms with Gasteiger partial charge in [0.25, 0.3) is 5.56 Å². The van der Waals surface area contributed by atoms with Gasteiger partial charge in [0.05, 0.1) is 22.1 Å². The third-order valence-electron chi connectivity index (χ3n) is 5.80. The number of thiophene rings is 1. The number of phenolic OH excluding ortho intramolecular Hbond substituents is 1. The summed E-state index contributed by atoms with van der Waals surface area (Å²) in [7, 11) is 0. The minimum Gasteiger partial charge on any atom is -0.506 e. The van der Waals surface area contributed by atoms with Crippen molar-refractivity contribution in [2.75, 3.05) is 19.6 Å². The first kappa shape index (κ1) is 19.7. The van der Waals surface area contributed by atoms with Gasteiger partial charge in [-0.05, 0) is 45.0 Å². The third-order valence-corrected chi connectivity index (χ3v) is 7.68. The highest BCUT2D eigenvalue weighted by Crippen LogP contribution is 2.36. The second-order valence-corrected chi connectivity index (χ2v) is 9.80. The Balaban J connectivity index is 1.54. The number of thiazole rings is 1. The molecular formula is C22H24N4O2S2. The van der Waals surface area contributed by atoms with Crippen molar-refractivity contribution in [1.82, 2.24) is 19.4 Å². The number of aromatic hydroxyl groups is 1. The van der Waals surface area contributed by atoms with E-state index < -0.39 is 0 Å². The van der Waals surface area contributed by atoms with Crippen LogP contribution in [0.1, 0.15) is 36.4 Å². The van der Waals surface area contributed by atoms with E-state index in [0.717, 1.165) is 40.2 Å². The molecule has 8 heteroatoms. The standard InChI is InChI=1S/C22H24N4O2S2/c27-17-7-4-6-16-19-21(30-20(16)17)24-18(8-5-11-25-9-2-1-3-10-25)26(22(19)28)13-15-12-23-14-29-15/h4,6-7,12,14,27H,1-3,5,8-11,13H2. The highest BCUT2D eigenvalue weighted by atomic mass is 32.1. The van der Waals surface area contributed by atoms with Gasteiger partial charge in [-0.25, -0.2) is 4.98 Å². The molecule has 1 N–H and O–H groups in total. The molecule has 4 aromatic rings. The molecule has 0 bridgehead atoms. The lowest BCUT2D eigenvalue weighted by Gasteiger charge is -2.26. The predicted octanol–water partition coefficient (Wildman–Crippen LogP) is 4.24. The molecule has 0 spiro atoms. The van der Waals surface area contributed by atoms with Crippen LogP contribution in [-0.2, 0) is 13.0 Å². The Kier molecular flexibility index (Phi) is 5.54. The number of rotatable bonds is 6. The number of nitrogens with zero attached hydrogens (tertiary/aromatic N) is 4. The van der Waals surface area contributed by atoms with E-state index in [4.69, 9.17) is 4.98 Å². The van der Waals surface area contributed by atoms with Crippen molar-refractivity contribution in [3.8, 4) is 5.75 Å². The molecule has 0 unspecified atom stereocenters. The van der Waals surface area contributed by atoms with Crippen LogP contribution in [0.15, 0.2) is 34.7 Å². The number of phenols is 1. The average molecular weight is 441 g/mol. The summed E-state index contributed by atoms with van der Waals surface area (Å²) in [5.74, 6) is 1.03. The predicted molar refractivity (Wildman–Crippen MR) is 123 cm³/mol. The Hall–Kier alpha value is -2.29. The van der Waals surface area contributed by atoms with E-state index in [2.05, 4.69) is 9.88 Å². The summed E-state index contributed by atoms with van der Waals surface area (Å²) in [6, 6.07) is 5.33. The van der Waals surface area contributed by atoms with Gasteiger partial charge in [0, 0.05) is 22.9 Å². The lowest BCUT2D eigenvalue weighted by molar-refractivity contribution is 0.226. The first-order chi connectivity index (χ1) is 14.7. The zero-order valence-corrected chi connectivity index (χ0v) is 18.3. The summed E-state index contributed by atoms with van der Waals surface area (Å²) in [5.41, 5.74) is 1.76. The van der Waals surface area contributed by atoms with Crippen LogP contribution in [0.4, 0.5) is 0 Å². The highest BCUT2D eigenvalue weighted by molar-refractivity contribution is 7.25. The van der Waals surface area contributed by atoms with Crippen LogP contribution in [0, 0.1) is 0 Å². The van der Waals surface area contributed by atoms with Gasteiger partial charge in [-0.15, -0.1) is 22.7 Å². The average Bonchev–Trinajstić information content (AvgIpc) is 3.40. The van der Waals surface area contributed by atoms with Gasteiger partial charge in [0.15, 0.2) is 0 Å². The Morgan fingerprint density at radius 1 is 1.17 bits per heavy atom. The molecule has 0 atom stereocenters. The Morgan fingerprint density at radius 3 is 2.83 bits per heavy atom. The number of hydrogen-bond donors (Lipinski definition) is 1. The molecule has 4 heterocycles. The van der Waals surface area contributed by atoms with Crippen molar-refractivity contribution < 1.29 is 5.11 Å². The number of aromatic nitrogens is 3. The van der Waals surface area contributed by atoms with Gasteiger partial charge in [-0.2, -0.15) is 0 Å². The molecule has 3 aromatic heterocycles. The maximum absolute atomic E-state index is 13.5. The lowest BCUT2D eigenvalue weighted by Crippen LogP contribution is -2.31. The fraction of sp³-hybridized carbons (Fsp3) is 0.409. The summed E-state index contributed by atoms with van der Waals surface area (Å²) in [6.07, 6.45) is 7.47. The number of piperidine rings is 1. The van der Waals surface area contributed by atoms with Crippen LogP contribution in [0.5, 0.6) is 5.75 Å². The van der Waals surface area contributed by atoms with Gasteiger partial charge >= 0.3 is 0 Å². The molecular weight excluding hydrogens is 416 g/mol. The van der Waals surface area contributed by atoms with E-state index in [0.29, 0.717) is 16.8 Å². The molecule has 1 aromatic carbocycles. The molecule has 1 aliphatic rings. The van der Waals surface area contributed by atoms with Gasteiger partial charge in [0.1, 0.15) is 16.4 Å². The third kappa shape index (κ3) is 3.75. The number of aryl methyl sites for hydroxylation is 1. The van der Waals surface area contributed by atoms with Crippen LogP contribution in [-0.4, -0.2) is 44.2 Å². The van der Waals surface area contributed by atoms with Gasteiger partial charge in [0.2, 0.25) is 0 Å². The molecule has 1 saturated heterocycles. The molecule has 0 aliphatic carbocycles. The molecule has 1 aliphatic heterocycles. The van der Waals surface area contributed by atoms with Crippen LogP contribution in [0.25, 0.3) is 20.3 Å². The second kappa shape index (κ2) is 8.45. The van der Waals surface area contributed by atoms with E-state index >= 15 is 0 Å². The normalized spacial score (nSPS) is 15.3. The van der Waals surface area contributed by atoms with Crippen molar-refractivity contribution >= 4 is 43.0 Å². The highest BCUT2D eigenvalue weighted by Gasteiger charge is 2.18. The summed E-state index contributed by atoms with van der Waals surface area (Å²) in [5, 5.41) is 11.6. The smallest absolute Gasteiger partial charge is 0.263 e. The second-order valence-electron chi connectivity index (χ2n) is 7.83. The van der Waals surface area contributed by atoms with Crippen molar-refractivity contribution in [3.05, 3.63) is 51.0 Å². The largest absolute Gasteiger partial charge is 0.506 e. The maximum Gasteiger partial charge on any atom is 0.263 e. The van der Waals surface area contributed by atoms with E-state index in [1.807, 2.05) is 16.8 Å². The zero-order valence-electron chi connectivity index (χ0n) is 16.7. The number of benzene rings is 1. The van der Waals surface area contributed by atoms with E-state index in [1.165, 1.54) is 43.7 Å². The monoisotopic (exact) mass is 440 g/mol. The van der Waals surface area contributed by atoms with Gasteiger partial charge in [-0.1, -0.05) is 18.6 Å².